The monoisotopic (exact) mass is 462 g/mol. The summed E-state index contributed by atoms with van der Waals surface area (Å²) in [7, 11) is 6.53. The first kappa shape index (κ1) is 22.7. The first-order chi connectivity index (χ1) is 16.5. The van der Waals surface area contributed by atoms with Gasteiger partial charge in [-0.05, 0) is 24.3 Å². The van der Waals surface area contributed by atoms with Gasteiger partial charge in [-0.2, -0.15) is 0 Å². The highest BCUT2D eigenvalue weighted by atomic mass is 16.5. The molecular formula is C24H26N6O4. The van der Waals surface area contributed by atoms with Crippen LogP contribution in [0, 0.1) is 0 Å². The first-order valence-electron chi connectivity index (χ1n) is 10.5. The zero-order valence-corrected chi connectivity index (χ0v) is 19.6. The van der Waals surface area contributed by atoms with Crippen LogP contribution in [0.1, 0.15) is 6.92 Å². The van der Waals surface area contributed by atoms with Gasteiger partial charge < -0.3 is 30.2 Å². The van der Waals surface area contributed by atoms with E-state index >= 15 is 0 Å². The number of pyridine rings is 1. The van der Waals surface area contributed by atoms with Gasteiger partial charge in [-0.15, -0.1) is 0 Å². The summed E-state index contributed by atoms with van der Waals surface area (Å²) in [5.74, 6) is 2.72. The van der Waals surface area contributed by atoms with Gasteiger partial charge in [0.1, 0.15) is 11.3 Å². The van der Waals surface area contributed by atoms with Crippen LogP contribution in [0.25, 0.3) is 16.7 Å². The number of carbonyl (C=O) groups excluding carboxylic acids is 1. The maximum atomic E-state index is 11.2. The predicted molar refractivity (Wildman–Crippen MR) is 132 cm³/mol. The minimum Gasteiger partial charge on any atom is -0.493 e. The van der Waals surface area contributed by atoms with Crippen LogP contribution >= 0.6 is 0 Å². The number of anilines is 4. The fourth-order valence-corrected chi connectivity index (χ4v) is 3.66. The Kier molecular flexibility index (Phi) is 6.39. The predicted octanol–water partition coefficient (Wildman–Crippen LogP) is 4.19. The molecule has 10 heteroatoms. The van der Waals surface area contributed by atoms with Crippen molar-refractivity contribution >= 4 is 40.1 Å². The van der Waals surface area contributed by atoms with E-state index in [0.717, 1.165) is 22.6 Å². The van der Waals surface area contributed by atoms with Crippen molar-refractivity contribution in [2.24, 2.45) is 0 Å². The van der Waals surface area contributed by atoms with E-state index in [1.807, 2.05) is 47.0 Å². The number of ether oxygens (including phenoxy) is 3. The highest BCUT2D eigenvalue weighted by Gasteiger charge is 2.19. The molecule has 0 aliphatic heterocycles. The molecule has 0 fully saturated rings. The summed E-state index contributed by atoms with van der Waals surface area (Å²) in [6.07, 6.45) is 1.71. The molecule has 2 aromatic heterocycles. The smallest absolute Gasteiger partial charge is 0.221 e. The van der Waals surface area contributed by atoms with Gasteiger partial charge in [-0.25, -0.2) is 9.97 Å². The normalized spacial score (nSPS) is 10.6. The van der Waals surface area contributed by atoms with Crippen LogP contribution < -0.4 is 30.2 Å². The number of hydrogen-bond acceptors (Lipinski definition) is 8. The van der Waals surface area contributed by atoms with Crippen LogP contribution in [0.2, 0.25) is 0 Å². The van der Waals surface area contributed by atoms with E-state index in [4.69, 9.17) is 14.2 Å². The summed E-state index contributed by atoms with van der Waals surface area (Å²) < 4.78 is 18.5. The second-order valence-corrected chi connectivity index (χ2v) is 7.35. The van der Waals surface area contributed by atoms with Crippen molar-refractivity contribution in [1.29, 1.82) is 0 Å². The fourth-order valence-electron chi connectivity index (χ4n) is 3.66. The zero-order valence-electron chi connectivity index (χ0n) is 19.6. The third-order valence-electron chi connectivity index (χ3n) is 5.15. The summed E-state index contributed by atoms with van der Waals surface area (Å²) in [5.41, 5.74) is 3.86. The third kappa shape index (κ3) is 4.38. The average Bonchev–Trinajstić information content (AvgIpc) is 3.21. The van der Waals surface area contributed by atoms with Crippen LogP contribution in [0.5, 0.6) is 17.2 Å². The molecule has 1 amide bonds. The number of imidazole rings is 1. The number of methoxy groups -OCH3 is 3. The van der Waals surface area contributed by atoms with Crippen molar-refractivity contribution in [2.45, 2.75) is 6.92 Å². The van der Waals surface area contributed by atoms with E-state index in [1.165, 1.54) is 6.92 Å². The Morgan fingerprint density at radius 2 is 1.59 bits per heavy atom. The molecule has 2 heterocycles. The van der Waals surface area contributed by atoms with Crippen LogP contribution in [-0.4, -0.2) is 48.8 Å². The van der Waals surface area contributed by atoms with Crippen molar-refractivity contribution in [3.8, 4) is 22.9 Å². The van der Waals surface area contributed by atoms with E-state index in [0.29, 0.717) is 34.5 Å². The summed E-state index contributed by atoms with van der Waals surface area (Å²) in [4.78, 5) is 20.4. The number of fused-ring (bicyclic) bond motifs is 1. The number of benzene rings is 2. The molecule has 0 spiro atoms. The third-order valence-corrected chi connectivity index (χ3v) is 5.15. The number of nitrogens with zero attached hydrogens (tertiary/aromatic N) is 3. The van der Waals surface area contributed by atoms with Gasteiger partial charge in [0, 0.05) is 43.5 Å². The Bertz CT molecular complexity index is 1310. The molecule has 10 nitrogen and oxygen atoms in total. The molecule has 0 atom stereocenters. The molecular weight excluding hydrogens is 436 g/mol. The summed E-state index contributed by atoms with van der Waals surface area (Å²) in [5, 5.41) is 9.18. The van der Waals surface area contributed by atoms with Crippen molar-refractivity contribution in [3.05, 3.63) is 48.7 Å². The Morgan fingerprint density at radius 1 is 0.941 bits per heavy atom. The van der Waals surface area contributed by atoms with Gasteiger partial charge in [0.2, 0.25) is 17.6 Å². The second-order valence-electron chi connectivity index (χ2n) is 7.35. The molecule has 34 heavy (non-hydrogen) atoms. The summed E-state index contributed by atoms with van der Waals surface area (Å²) in [6, 6.07) is 13.0. The van der Waals surface area contributed by atoms with Crippen LogP contribution in [0.4, 0.5) is 23.1 Å². The van der Waals surface area contributed by atoms with Gasteiger partial charge in [0.25, 0.3) is 0 Å². The maximum absolute atomic E-state index is 11.2. The molecule has 0 saturated heterocycles. The van der Waals surface area contributed by atoms with Crippen molar-refractivity contribution < 1.29 is 19.0 Å². The molecule has 0 aliphatic carbocycles. The minimum atomic E-state index is -0.117. The maximum Gasteiger partial charge on any atom is 0.221 e. The van der Waals surface area contributed by atoms with Gasteiger partial charge in [0.15, 0.2) is 11.5 Å². The molecule has 4 rings (SSSR count). The SMILES string of the molecule is CNc1nc2cnc(Nc3ccc(NC(C)=O)cc3)cc2n1-c1cc(OC)c(OC)c(OC)c1. The largest absolute Gasteiger partial charge is 0.493 e. The lowest BCUT2D eigenvalue weighted by atomic mass is 10.2. The Morgan fingerprint density at radius 3 is 2.15 bits per heavy atom. The highest BCUT2D eigenvalue weighted by molar-refractivity contribution is 5.89. The standard InChI is InChI=1S/C24H26N6O4/c1-14(31)27-15-6-8-16(9-7-15)28-22-12-19-18(13-26-22)29-24(25-2)30(19)17-10-20(32-3)23(34-5)21(11-17)33-4/h6-13H,1-5H3,(H,25,29)(H,26,28)(H,27,31). The molecule has 176 valence electrons. The van der Waals surface area contributed by atoms with Gasteiger partial charge in [0.05, 0.1) is 38.7 Å². The second kappa shape index (κ2) is 9.57. The van der Waals surface area contributed by atoms with Gasteiger partial charge in [-0.1, -0.05) is 0 Å². The van der Waals surface area contributed by atoms with Crippen LogP contribution in [0.3, 0.4) is 0 Å². The van der Waals surface area contributed by atoms with Gasteiger partial charge >= 0.3 is 0 Å². The Balaban J connectivity index is 1.76. The zero-order chi connectivity index (χ0) is 24.2. The number of nitrogens with one attached hydrogen (secondary N) is 3. The molecule has 2 aromatic carbocycles. The Labute approximate surface area is 196 Å². The average molecular weight is 463 g/mol. The number of amides is 1. The molecule has 0 saturated carbocycles. The molecule has 0 bridgehead atoms. The molecule has 0 aliphatic rings. The summed E-state index contributed by atoms with van der Waals surface area (Å²) in [6.45, 7) is 1.47. The molecule has 0 unspecified atom stereocenters. The molecule has 3 N–H and O–H groups in total. The van der Waals surface area contributed by atoms with Crippen molar-refractivity contribution in [2.75, 3.05) is 44.3 Å². The Hall–Kier alpha value is -4.47. The van der Waals surface area contributed by atoms with E-state index in [9.17, 15) is 4.79 Å². The molecule has 0 radical (unpaired) electrons. The quantitative estimate of drug-likeness (QED) is 0.357. The number of hydrogen-bond donors (Lipinski definition) is 3. The lowest BCUT2D eigenvalue weighted by molar-refractivity contribution is -0.114. The van der Waals surface area contributed by atoms with E-state index in [2.05, 4.69) is 25.9 Å². The summed E-state index contributed by atoms with van der Waals surface area (Å²) >= 11 is 0. The van der Waals surface area contributed by atoms with Crippen molar-refractivity contribution in [3.63, 3.8) is 0 Å². The van der Waals surface area contributed by atoms with Crippen molar-refractivity contribution in [1.82, 2.24) is 14.5 Å². The topological polar surface area (TPSA) is 112 Å². The lowest BCUT2D eigenvalue weighted by Crippen LogP contribution is -2.05. The fraction of sp³-hybridized carbons (Fsp3) is 0.208. The van der Waals surface area contributed by atoms with E-state index in [-0.39, 0.29) is 5.91 Å². The molecule has 4 aromatic rings. The number of rotatable bonds is 8. The van der Waals surface area contributed by atoms with E-state index in [1.54, 1.807) is 34.6 Å². The van der Waals surface area contributed by atoms with Crippen LogP contribution in [-0.2, 0) is 4.79 Å². The minimum absolute atomic E-state index is 0.117. The number of aromatic nitrogens is 3. The van der Waals surface area contributed by atoms with Gasteiger partial charge in [-0.3, -0.25) is 9.36 Å². The number of carbonyl (C=O) groups is 1. The lowest BCUT2D eigenvalue weighted by Gasteiger charge is -2.16. The highest BCUT2D eigenvalue weighted by Crippen LogP contribution is 2.40. The first-order valence-corrected chi connectivity index (χ1v) is 10.5. The van der Waals surface area contributed by atoms with E-state index < -0.39 is 0 Å². The van der Waals surface area contributed by atoms with Crippen LogP contribution in [0.15, 0.2) is 48.7 Å².